The van der Waals surface area contributed by atoms with Gasteiger partial charge in [0.25, 0.3) is 5.91 Å². The molecule has 0 saturated carbocycles. The summed E-state index contributed by atoms with van der Waals surface area (Å²) in [5, 5.41) is 2.99. The lowest BCUT2D eigenvalue weighted by atomic mass is 10.0. The minimum absolute atomic E-state index is 0.103. The molecule has 0 aliphatic rings. The summed E-state index contributed by atoms with van der Waals surface area (Å²) in [6, 6.07) is 15.3. The number of nitrogens with one attached hydrogen (secondary N) is 1. The van der Waals surface area contributed by atoms with Crippen molar-refractivity contribution in [3.05, 3.63) is 65.2 Å². The summed E-state index contributed by atoms with van der Waals surface area (Å²) in [4.78, 5) is 27.9. The Kier molecular flexibility index (Phi) is 10.3. The first-order chi connectivity index (χ1) is 15.4. The molecule has 0 bridgehead atoms. The van der Waals surface area contributed by atoms with E-state index in [1.54, 1.807) is 4.90 Å². The summed E-state index contributed by atoms with van der Waals surface area (Å²) >= 11 is 0. The Balaban J connectivity index is 2.22. The van der Waals surface area contributed by atoms with Gasteiger partial charge in [-0.05, 0) is 42.9 Å². The molecule has 1 atom stereocenters. The van der Waals surface area contributed by atoms with Crippen LogP contribution in [0.2, 0.25) is 0 Å². The first kappa shape index (κ1) is 25.4. The van der Waals surface area contributed by atoms with E-state index in [-0.39, 0.29) is 24.3 Å². The Hall–Kier alpha value is -2.82. The molecule has 0 aliphatic carbocycles. The van der Waals surface area contributed by atoms with Gasteiger partial charge < -0.3 is 15.0 Å². The number of nitrogens with zero attached hydrogens (tertiary/aromatic N) is 1. The molecular weight excluding hydrogens is 400 g/mol. The number of hydrogen-bond acceptors (Lipinski definition) is 3. The molecule has 2 amide bonds. The second-order valence-corrected chi connectivity index (χ2v) is 8.56. The van der Waals surface area contributed by atoms with Gasteiger partial charge >= 0.3 is 0 Å². The lowest BCUT2D eigenvalue weighted by molar-refractivity contribution is -0.143. The number of aryl methyl sites for hydroxylation is 1. The van der Waals surface area contributed by atoms with Crippen molar-refractivity contribution >= 4 is 11.8 Å². The lowest BCUT2D eigenvalue weighted by Gasteiger charge is -2.31. The van der Waals surface area contributed by atoms with Crippen molar-refractivity contribution in [2.24, 2.45) is 0 Å². The van der Waals surface area contributed by atoms with E-state index in [0.717, 1.165) is 29.5 Å². The molecule has 2 rings (SSSR count). The van der Waals surface area contributed by atoms with Gasteiger partial charge in [0, 0.05) is 13.1 Å². The predicted molar refractivity (Wildman–Crippen MR) is 130 cm³/mol. The van der Waals surface area contributed by atoms with E-state index in [9.17, 15) is 9.59 Å². The van der Waals surface area contributed by atoms with Gasteiger partial charge in [-0.25, -0.2) is 0 Å². The molecule has 1 N–H and O–H groups in total. The molecule has 32 heavy (non-hydrogen) atoms. The highest BCUT2D eigenvalue weighted by Crippen LogP contribution is 2.26. The molecule has 1 unspecified atom stereocenters. The van der Waals surface area contributed by atoms with Gasteiger partial charge in [0.2, 0.25) is 5.91 Å². The average Bonchev–Trinajstić information content (AvgIpc) is 2.77. The normalized spacial score (nSPS) is 11.8. The van der Waals surface area contributed by atoms with Crippen LogP contribution in [0.4, 0.5) is 0 Å². The van der Waals surface area contributed by atoms with E-state index in [0.29, 0.717) is 25.3 Å². The van der Waals surface area contributed by atoms with Crippen molar-refractivity contribution < 1.29 is 14.3 Å². The summed E-state index contributed by atoms with van der Waals surface area (Å²) < 4.78 is 5.95. The van der Waals surface area contributed by atoms with Crippen LogP contribution in [-0.2, 0) is 16.1 Å². The molecular formula is C27H38N2O3. The van der Waals surface area contributed by atoms with Crippen molar-refractivity contribution in [1.82, 2.24) is 10.2 Å². The first-order valence-corrected chi connectivity index (χ1v) is 11.7. The van der Waals surface area contributed by atoms with Crippen LogP contribution in [-0.4, -0.2) is 35.9 Å². The quantitative estimate of drug-likeness (QED) is 0.462. The zero-order valence-electron chi connectivity index (χ0n) is 20.2. The third-order valence-electron chi connectivity index (χ3n) is 5.54. The number of carbonyl (C=O) groups excluding carboxylic acids is 2. The zero-order valence-corrected chi connectivity index (χ0v) is 20.2. The number of ether oxygens (including phenoxy) is 1. The van der Waals surface area contributed by atoms with Crippen LogP contribution in [0.1, 0.15) is 69.6 Å². The van der Waals surface area contributed by atoms with E-state index in [1.807, 2.05) is 56.3 Å². The van der Waals surface area contributed by atoms with E-state index in [1.165, 1.54) is 0 Å². The van der Waals surface area contributed by atoms with E-state index >= 15 is 0 Å². The number of amides is 2. The molecule has 174 valence electrons. The number of unbranched alkanes of at least 4 members (excludes halogenated alkanes) is 1. The smallest absolute Gasteiger partial charge is 0.261 e. The zero-order chi connectivity index (χ0) is 23.5. The summed E-state index contributed by atoms with van der Waals surface area (Å²) in [7, 11) is 0. The summed E-state index contributed by atoms with van der Waals surface area (Å²) in [5.41, 5.74) is 3.19. The molecule has 0 heterocycles. The van der Waals surface area contributed by atoms with Crippen molar-refractivity contribution in [3.8, 4) is 5.75 Å². The molecule has 0 aliphatic heterocycles. The molecule has 2 aromatic rings. The fourth-order valence-corrected chi connectivity index (χ4v) is 3.74. The maximum atomic E-state index is 13.3. The lowest BCUT2D eigenvalue weighted by Crippen LogP contribution is -2.50. The Bertz CT molecular complexity index is 879. The standard InChI is InChI=1S/C27H38N2O3/c1-6-8-16-28-27(31)24(7-2)29(18-22-13-11-12-21(5)17-22)26(30)19-32-25-15-10-9-14-23(25)20(3)4/h9-15,17,20,24H,6-8,16,18-19H2,1-5H3,(H,28,31). The van der Waals surface area contributed by atoms with Gasteiger partial charge in [-0.1, -0.05) is 82.1 Å². The SMILES string of the molecule is CCCCNC(=O)C(CC)N(Cc1cccc(C)c1)C(=O)COc1ccccc1C(C)C. The molecule has 0 spiro atoms. The number of benzene rings is 2. The Morgan fingerprint density at radius 3 is 2.47 bits per heavy atom. The van der Waals surface area contributed by atoms with Gasteiger partial charge in [0.15, 0.2) is 6.61 Å². The summed E-state index contributed by atoms with van der Waals surface area (Å²) in [6.07, 6.45) is 2.47. The van der Waals surface area contributed by atoms with Crippen LogP contribution in [0.25, 0.3) is 0 Å². The Labute approximate surface area is 193 Å². The van der Waals surface area contributed by atoms with E-state index < -0.39 is 6.04 Å². The Morgan fingerprint density at radius 1 is 1.06 bits per heavy atom. The van der Waals surface area contributed by atoms with Crippen molar-refractivity contribution in [1.29, 1.82) is 0 Å². The third kappa shape index (κ3) is 7.40. The van der Waals surface area contributed by atoms with Crippen LogP contribution in [0, 0.1) is 6.92 Å². The van der Waals surface area contributed by atoms with Crippen LogP contribution < -0.4 is 10.1 Å². The number of para-hydroxylation sites is 1. The highest BCUT2D eigenvalue weighted by Gasteiger charge is 2.29. The van der Waals surface area contributed by atoms with Crippen LogP contribution in [0.5, 0.6) is 5.75 Å². The second-order valence-electron chi connectivity index (χ2n) is 8.56. The molecule has 2 aromatic carbocycles. The molecule has 5 nitrogen and oxygen atoms in total. The van der Waals surface area contributed by atoms with Gasteiger partial charge in [-0.3, -0.25) is 9.59 Å². The molecule has 0 fully saturated rings. The van der Waals surface area contributed by atoms with E-state index in [4.69, 9.17) is 4.74 Å². The maximum Gasteiger partial charge on any atom is 0.261 e. The molecule has 0 aromatic heterocycles. The monoisotopic (exact) mass is 438 g/mol. The highest BCUT2D eigenvalue weighted by atomic mass is 16.5. The van der Waals surface area contributed by atoms with Gasteiger partial charge in [0.1, 0.15) is 11.8 Å². The summed E-state index contributed by atoms with van der Waals surface area (Å²) in [5.74, 6) is 0.705. The van der Waals surface area contributed by atoms with Gasteiger partial charge in [-0.2, -0.15) is 0 Å². The molecule has 0 saturated heterocycles. The first-order valence-electron chi connectivity index (χ1n) is 11.7. The number of rotatable bonds is 12. The molecule has 5 heteroatoms. The number of hydrogen-bond donors (Lipinski definition) is 1. The van der Waals surface area contributed by atoms with Gasteiger partial charge in [-0.15, -0.1) is 0 Å². The largest absolute Gasteiger partial charge is 0.483 e. The van der Waals surface area contributed by atoms with Crippen LogP contribution in [0.15, 0.2) is 48.5 Å². The minimum Gasteiger partial charge on any atom is -0.483 e. The minimum atomic E-state index is -0.538. The molecule has 0 radical (unpaired) electrons. The fraction of sp³-hybridized carbons (Fsp3) is 0.481. The second kappa shape index (κ2) is 12.9. The number of carbonyl (C=O) groups is 2. The topological polar surface area (TPSA) is 58.6 Å². The van der Waals surface area contributed by atoms with Crippen molar-refractivity contribution in [2.45, 2.75) is 72.4 Å². The van der Waals surface area contributed by atoms with E-state index in [2.05, 4.69) is 32.2 Å². The van der Waals surface area contributed by atoms with Crippen molar-refractivity contribution in [3.63, 3.8) is 0 Å². The Morgan fingerprint density at radius 2 is 1.81 bits per heavy atom. The van der Waals surface area contributed by atoms with Gasteiger partial charge in [0.05, 0.1) is 0 Å². The van der Waals surface area contributed by atoms with Crippen molar-refractivity contribution in [2.75, 3.05) is 13.2 Å². The predicted octanol–water partition coefficient (Wildman–Crippen LogP) is 5.22. The maximum absolute atomic E-state index is 13.3. The third-order valence-corrected chi connectivity index (χ3v) is 5.54. The van der Waals surface area contributed by atoms with Crippen LogP contribution >= 0.6 is 0 Å². The van der Waals surface area contributed by atoms with Crippen LogP contribution in [0.3, 0.4) is 0 Å². The fourth-order valence-electron chi connectivity index (χ4n) is 3.74. The summed E-state index contributed by atoms with van der Waals surface area (Å²) in [6.45, 7) is 11.1. The average molecular weight is 439 g/mol. The highest BCUT2D eigenvalue weighted by molar-refractivity contribution is 5.88.